The molecule has 2 nitrogen and oxygen atoms in total. The van der Waals surface area contributed by atoms with E-state index in [0.717, 1.165) is 29.7 Å². The van der Waals surface area contributed by atoms with Crippen LogP contribution in [0.5, 0.6) is 5.75 Å². The second-order valence-corrected chi connectivity index (χ2v) is 6.58. The number of aryl methyl sites for hydroxylation is 1. The van der Waals surface area contributed by atoms with Gasteiger partial charge in [-0.3, -0.25) is 0 Å². The summed E-state index contributed by atoms with van der Waals surface area (Å²) in [4.78, 5) is 0. The van der Waals surface area contributed by atoms with Crippen molar-refractivity contribution in [2.24, 2.45) is 5.73 Å². The lowest BCUT2D eigenvalue weighted by Crippen LogP contribution is -2.20. The van der Waals surface area contributed by atoms with Crippen LogP contribution in [0, 0.1) is 6.92 Å². The molecule has 1 heterocycles. The van der Waals surface area contributed by atoms with E-state index in [0.29, 0.717) is 5.92 Å². The summed E-state index contributed by atoms with van der Waals surface area (Å²) in [6.07, 6.45) is 1.99. The Bertz CT molecular complexity index is 641. The molecule has 0 amide bonds. The Kier molecular flexibility index (Phi) is 4.32. The van der Waals surface area contributed by atoms with Crippen LogP contribution in [0.2, 0.25) is 0 Å². The summed E-state index contributed by atoms with van der Waals surface area (Å²) in [5.74, 6) is 1.50. The molecule has 2 atom stereocenters. The van der Waals surface area contributed by atoms with E-state index >= 15 is 0 Å². The second kappa shape index (κ2) is 6.20. The molecule has 0 saturated carbocycles. The number of halogens is 1. The average Bonchev–Trinajstić information content (AvgIpc) is 2.50. The Labute approximate surface area is 134 Å². The van der Waals surface area contributed by atoms with Crippen LogP contribution < -0.4 is 10.5 Å². The maximum atomic E-state index is 6.44. The zero-order valence-corrected chi connectivity index (χ0v) is 13.8. The van der Waals surface area contributed by atoms with Gasteiger partial charge in [-0.15, -0.1) is 0 Å². The topological polar surface area (TPSA) is 35.2 Å². The van der Waals surface area contributed by atoms with E-state index in [1.54, 1.807) is 0 Å². The molecule has 3 heteroatoms. The molecule has 0 aliphatic carbocycles. The molecule has 0 radical (unpaired) electrons. The molecule has 0 fully saturated rings. The van der Waals surface area contributed by atoms with Gasteiger partial charge in [0.15, 0.2) is 0 Å². The summed E-state index contributed by atoms with van der Waals surface area (Å²) in [5, 5.41) is 0. The maximum Gasteiger partial charge on any atom is 0.122 e. The molecule has 2 aromatic rings. The summed E-state index contributed by atoms with van der Waals surface area (Å²) in [6.45, 7) is 2.88. The summed E-state index contributed by atoms with van der Waals surface area (Å²) < 4.78 is 6.86. The highest BCUT2D eigenvalue weighted by Crippen LogP contribution is 2.38. The van der Waals surface area contributed by atoms with Crippen LogP contribution in [-0.2, 0) is 0 Å². The standard InChI is InChI=1S/C18H20BrNO/c1-12-6-7-14(10-16(12)19)17(20)11-13-8-9-21-18-5-3-2-4-15(13)18/h2-7,10,13,17H,8-9,11,20H2,1H3. The van der Waals surface area contributed by atoms with Gasteiger partial charge < -0.3 is 10.5 Å². The van der Waals surface area contributed by atoms with Gasteiger partial charge >= 0.3 is 0 Å². The van der Waals surface area contributed by atoms with Gasteiger partial charge in [0.05, 0.1) is 6.61 Å². The van der Waals surface area contributed by atoms with Gasteiger partial charge in [-0.2, -0.15) is 0 Å². The molecule has 0 spiro atoms. The fraction of sp³-hybridized carbons (Fsp3) is 0.333. The van der Waals surface area contributed by atoms with Crippen LogP contribution in [0.15, 0.2) is 46.9 Å². The second-order valence-electron chi connectivity index (χ2n) is 5.72. The Morgan fingerprint density at radius 1 is 1.29 bits per heavy atom. The minimum absolute atomic E-state index is 0.0538. The van der Waals surface area contributed by atoms with E-state index < -0.39 is 0 Å². The number of hydrogen-bond acceptors (Lipinski definition) is 2. The minimum Gasteiger partial charge on any atom is -0.493 e. The van der Waals surface area contributed by atoms with Gasteiger partial charge in [0, 0.05) is 10.5 Å². The predicted octanol–water partition coefficient (Wildman–Crippen LogP) is 4.71. The SMILES string of the molecule is Cc1ccc(C(N)CC2CCOc3ccccc32)cc1Br. The molecule has 3 rings (SSSR count). The van der Waals surface area contributed by atoms with Gasteiger partial charge in [0.25, 0.3) is 0 Å². The molecule has 21 heavy (non-hydrogen) atoms. The Morgan fingerprint density at radius 3 is 2.90 bits per heavy atom. The fourth-order valence-corrected chi connectivity index (χ4v) is 3.34. The highest BCUT2D eigenvalue weighted by atomic mass is 79.9. The lowest BCUT2D eigenvalue weighted by Gasteiger charge is -2.28. The summed E-state index contributed by atoms with van der Waals surface area (Å²) in [5.41, 5.74) is 10.2. The van der Waals surface area contributed by atoms with Gasteiger partial charge in [-0.1, -0.05) is 46.3 Å². The van der Waals surface area contributed by atoms with Gasteiger partial charge in [-0.05, 0) is 54.5 Å². The number of hydrogen-bond donors (Lipinski definition) is 1. The Morgan fingerprint density at radius 2 is 2.10 bits per heavy atom. The fourth-order valence-electron chi connectivity index (χ4n) is 2.94. The third kappa shape index (κ3) is 3.14. The van der Waals surface area contributed by atoms with Gasteiger partial charge in [0.2, 0.25) is 0 Å². The molecule has 0 bridgehead atoms. The quantitative estimate of drug-likeness (QED) is 0.873. The zero-order valence-electron chi connectivity index (χ0n) is 12.2. The largest absolute Gasteiger partial charge is 0.493 e. The van der Waals surface area contributed by atoms with Gasteiger partial charge in [-0.25, -0.2) is 0 Å². The van der Waals surface area contributed by atoms with Crippen molar-refractivity contribution in [2.45, 2.75) is 31.7 Å². The monoisotopic (exact) mass is 345 g/mol. The first kappa shape index (κ1) is 14.6. The van der Waals surface area contributed by atoms with Crippen LogP contribution in [0.4, 0.5) is 0 Å². The third-order valence-corrected chi connectivity index (χ3v) is 5.10. The number of rotatable bonds is 3. The summed E-state index contributed by atoms with van der Waals surface area (Å²) in [7, 11) is 0. The lowest BCUT2D eigenvalue weighted by molar-refractivity contribution is 0.259. The van der Waals surface area contributed by atoms with Crippen molar-refractivity contribution < 1.29 is 4.74 Å². The van der Waals surface area contributed by atoms with Crippen molar-refractivity contribution >= 4 is 15.9 Å². The van der Waals surface area contributed by atoms with E-state index in [9.17, 15) is 0 Å². The summed E-state index contributed by atoms with van der Waals surface area (Å²) in [6, 6.07) is 14.8. The highest BCUT2D eigenvalue weighted by Gasteiger charge is 2.23. The van der Waals surface area contributed by atoms with Crippen molar-refractivity contribution in [2.75, 3.05) is 6.61 Å². The molecular weight excluding hydrogens is 326 g/mol. The first-order valence-corrected chi connectivity index (χ1v) is 8.18. The normalized spacial score (nSPS) is 18.7. The van der Waals surface area contributed by atoms with Crippen LogP contribution in [0.3, 0.4) is 0 Å². The number of ether oxygens (including phenoxy) is 1. The molecule has 1 aliphatic rings. The van der Waals surface area contributed by atoms with Crippen LogP contribution >= 0.6 is 15.9 Å². The molecule has 110 valence electrons. The van der Waals surface area contributed by atoms with Gasteiger partial charge in [0.1, 0.15) is 5.75 Å². The smallest absolute Gasteiger partial charge is 0.122 e. The van der Waals surface area contributed by atoms with E-state index in [1.807, 2.05) is 6.07 Å². The van der Waals surface area contributed by atoms with E-state index in [-0.39, 0.29) is 6.04 Å². The first-order valence-electron chi connectivity index (χ1n) is 7.38. The van der Waals surface area contributed by atoms with Crippen LogP contribution in [-0.4, -0.2) is 6.61 Å². The van der Waals surface area contributed by atoms with Crippen LogP contribution in [0.1, 0.15) is 41.5 Å². The van der Waals surface area contributed by atoms with Crippen molar-refractivity contribution in [1.29, 1.82) is 0 Å². The Balaban J connectivity index is 1.79. The molecule has 2 aromatic carbocycles. The first-order chi connectivity index (χ1) is 10.1. The molecule has 0 aromatic heterocycles. The Hall–Kier alpha value is -1.32. The third-order valence-electron chi connectivity index (χ3n) is 4.25. The predicted molar refractivity (Wildman–Crippen MR) is 89.7 cm³/mol. The number of nitrogens with two attached hydrogens (primary N) is 1. The van der Waals surface area contributed by atoms with Crippen molar-refractivity contribution in [3.8, 4) is 5.75 Å². The lowest BCUT2D eigenvalue weighted by atomic mass is 9.86. The highest BCUT2D eigenvalue weighted by molar-refractivity contribution is 9.10. The van der Waals surface area contributed by atoms with Crippen molar-refractivity contribution in [1.82, 2.24) is 0 Å². The maximum absolute atomic E-state index is 6.44. The summed E-state index contributed by atoms with van der Waals surface area (Å²) >= 11 is 3.59. The molecule has 2 N–H and O–H groups in total. The van der Waals surface area contributed by atoms with Crippen LogP contribution in [0.25, 0.3) is 0 Å². The van der Waals surface area contributed by atoms with E-state index in [1.165, 1.54) is 16.7 Å². The van der Waals surface area contributed by atoms with E-state index in [4.69, 9.17) is 10.5 Å². The molecule has 0 saturated heterocycles. The molecule has 2 unspecified atom stereocenters. The zero-order chi connectivity index (χ0) is 14.8. The van der Waals surface area contributed by atoms with Crippen molar-refractivity contribution in [3.63, 3.8) is 0 Å². The average molecular weight is 346 g/mol. The number of fused-ring (bicyclic) bond motifs is 1. The minimum atomic E-state index is 0.0538. The van der Waals surface area contributed by atoms with E-state index in [2.05, 4.69) is 59.3 Å². The molecule has 1 aliphatic heterocycles. The number of benzene rings is 2. The number of para-hydroxylation sites is 1. The molecular formula is C18H20BrNO. The van der Waals surface area contributed by atoms with Crippen molar-refractivity contribution in [3.05, 3.63) is 63.6 Å².